The molecule has 2 aromatic carbocycles. The fourth-order valence-corrected chi connectivity index (χ4v) is 3.93. The quantitative estimate of drug-likeness (QED) is 0.776. The molecule has 3 aromatic rings. The molecule has 1 aromatic heterocycles. The summed E-state index contributed by atoms with van der Waals surface area (Å²) in [5.41, 5.74) is 2.99. The molecule has 3 heterocycles. The van der Waals surface area contributed by atoms with Gasteiger partial charge in [0.05, 0.1) is 17.5 Å². The number of carbonyl (C=O) groups is 1. The SMILES string of the molecule is O=C(Cc1ccc2c(c1)OCO2)N1CCCC(c2nc3ccccc3[nH]2)C1. The lowest BCUT2D eigenvalue weighted by Crippen LogP contribution is -2.40. The van der Waals surface area contributed by atoms with E-state index in [-0.39, 0.29) is 18.6 Å². The maximum Gasteiger partial charge on any atom is 0.231 e. The first kappa shape index (κ1) is 16.2. The summed E-state index contributed by atoms with van der Waals surface area (Å²) < 4.78 is 10.7. The number of aromatic nitrogens is 2. The molecule has 0 spiro atoms. The van der Waals surface area contributed by atoms with Crippen LogP contribution in [0.2, 0.25) is 0 Å². The lowest BCUT2D eigenvalue weighted by molar-refractivity contribution is -0.131. The van der Waals surface area contributed by atoms with Crippen molar-refractivity contribution in [2.45, 2.75) is 25.2 Å². The number of imidazole rings is 1. The highest BCUT2D eigenvalue weighted by Gasteiger charge is 2.27. The van der Waals surface area contributed by atoms with Crippen LogP contribution in [0.15, 0.2) is 42.5 Å². The molecule has 0 bridgehead atoms. The number of H-pyrrole nitrogens is 1. The Balaban J connectivity index is 1.29. The first-order valence-corrected chi connectivity index (χ1v) is 9.37. The van der Waals surface area contributed by atoms with Gasteiger partial charge in [0, 0.05) is 19.0 Å². The molecule has 1 unspecified atom stereocenters. The topological polar surface area (TPSA) is 67.5 Å². The first-order valence-electron chi connectivity index (χ1n) is 9.37. The lowest BCUT2D eigenvalue weighted by atomic mass is 9.96. The molecule has 0 aliphatic carbocycles. The van der Waals surface area contributed by atoms with Crippen LogP contribution in [0.1, 0.15) is 30.1 Å². The summed E-state index contributed by atoms with van der Waals surface area (Å²) in [5.74, 6) is 2.85. The van der Waals surface area contributed by atoms with Gasteiger partial charge in [-0.25, -0.2) is 4.98 Å². The number of benzene rings is 2. The van der Waals surface area contributed by atoms with Gasteiger partial charge in [0.1, 0.15) is 5.82 Å². The molecule has 5 rings (SSSR count). The number of fused-ring (bicyclic) bond motifs is 2. The molecule has 0 radical (unpaired) electrons. The molecule has 2 aliphatic heterocycles. The number of para-hydroxylation sites is 2. The number of aromatic amines is 1. The van der Waals surface area contributed by atoms with E-state index in [0.717, 1.165) is 53.3 Å². The molecule has 2 aliphatic rings. The zero-order valence-electron chi connectivity index (χ0n) is 15.0. The largest absolute Gasteiger partial charge is 0.454 e. The third kappa shape index (κ3) is 3.12. The fourth-order valence-electron chi connectivity index (χ4n) is 3.93. The monoisotopic (exact) mass is 363 g/mol. The predicted molar refractivity (Wildman–Crippen MR) is 101 cm³/mol. The molecule has 138 valence electrons. The minimum absolute atomic E-state index is 0.148. The van der Waals surface area contributed by atoms with Crippen molar-refractivity contribution in [3.63, 3.8) is 0 Å². The van der Waals surface area contributed by atoms with Gasteiger partial charge in [-0.15, -0.1) is 0 Å². The van der Waals surface area contributed by atoms with Gasteiger partial charge < -0.3 is 19.4 Å². The second-order valence-corrected chi connectivity index (χ2v) is 7.18. The van der Waals surface area contributed by atoms with Crippen LogP contribution in [0.5, 0.6) is 11.5 Å². The van der Waals surface area contributed by atoms with E-state index in [1.165, 1.54) is 0 Å². The number of piperidine rings is 1. The van der Waals surface area contributed by atoms with Crippen LogP contribution in [0.3, 0.4) is 0 Å². The summed E-state index contributed by atoms with van der Waals surface area (Å²) >= 11 is 0. The summed E-state index contributed by atoms with van der Waals surface area (Å²) in [4.78, 5) is 23.0. The van der Waals surface area contributed by atoms with Crippen LogP contribution >= 0.6 is 0 Å². The second kappa shape index (κ2) is 6.61. The number of hydrogen-bond acceptors (Lipinski definition) is 4. The molecule has 1 fully saturated rings. The Morgan fingerprint density at radius 3 is 3.00 bits per heavy atom. The average molecular weight is 363 g/mol. The van der Waals surface area contributed by atoms with Gasteiger partial charge in [0.2, 0.25) is 12.7 Å². The van der Waals surface area contributed by atoms with Gasteiger partial charge in [0.25, 0.3) is 0 Å². The third-order valence-corrected chi connectivity index (χ3v) is 5.36. The molecule has 1 atom stereocenters. The van der Waals surface area contributed by atoms with Crippen molar-refractivity contribution in [1.82, 2.24) is 14.9 Å². The highest BCUT2D eigenvalue weighted by atomic mass is 16.7. The van der Waals surface area contributed by atoms with Crippen LogP contribution in [0.4, 0.5) is 0 Å². The van der Waals surface area contributed by atoms with Crippen molar-refractivity contribution in [3.8, 4) is 11.5 Å². The second-order valence-electron chi connectivity index (χ2n) is 7.18. The molecule has 0 saturated carbocycles. The van der Waals surface area contributed by atoms with Crippen molar-refractivity contribution >= 4 is 16.9 Å². The zero-order chi connectivity index (χ0) is 18.2. The van der Waals surface area contributed by atoms with E-state index in [2.05, 4.69) is 4.98 Å². The number of nitrogens with one attached hydrogen (secondary N) is 1. The predicted octanol–water partition coefficient (Wildman–Crippen LogP) is 3.24. The Kier molecular flexibility index (Phi) is 3.96. The fraction of sp³-hybridized carbons (Fsp3) is 0.333. The Hall–Kier alpha value is -3.02. The summed E-state index contributed by atoms with van der Waals surface area (Å²) in [6.07, 6.45) is 2.42. The number of hydrogen-bond donors (Lipinski definition) is 1. The van der Waals surface area contributed by atoms with Gasteiger partial charge in [-0.05, 0) is 42.7 Å². The molecular formula is C21H21N3O3. The maximum absolute atomic E-state index is 12.8. The number of ether oxygens (including phenoxy) is 2. The van der Waals surface area contributed by atoms with Crippen molar-refractivity contribution < 1.29 is 14.3 Å². The summed E-state index contributed by atoms with van der Waals surface area (Å²) in [6.45, 7) is 1.77. The van der Waals surface area contributed by atoms with E-state index >= 15 is 0 Å². The number of amides is 1. The van der Waals surface area contributed by atoms with Crippen molar-refractivity contribution in [1.29, 1.82) is 0 Å². The van der Waals surface area contributed by atoms with E-state index in [4.69, 9.17) is 14.5 Å². The minimum Gasteiger partial charge on any atom is -0.454 e. The zero-order valence-corrected chi connectivity index (χ0v) is 15.0. The van der Waals surface area contributed by atoms with E-state index in [0.29, 0.717) is 13.0 Å². The molecule has 1 N–H and O–H groups in total. The molecule has 1 amide bonds. The molecule has 1 saturated heterocycles. The highest BCUT2D eigenvalue weighted by Crippen LogP contribution is 2.33. The Labute approximate surface area is 157 Å². The van der Waals surface area contributed by atoms with Crippen molar-refractivity contribution in [2.24, 2.45) is 0 Å². The molecule has 27 heavy (non-hydrogen) atoms. The lowest BCUT2D eigenvalue weighted by Gasteiger charge is -2.32. The molecular weight excluding hydrogens is 342 g/mol. The third-order valence-electron chi connectivity index (χ3n) is 5.36. The van der Waals surface area contributed by atoms with E-state index in [9.17, 15) is 4.79 Å². The first-order chi connectivity index (χ1) is 13.3. The number of rotatable bonds is 3. The van der Waals surface area contributed by atoms with E-state index in [1.54, 1.807) is 0 Å². The van der Waals surface area contributed by atoms with Gasteiger partial charge in [0.15, 0.2) is 11.5 Å². The maximum atomic E-state index is 12.8. The summed E-state index contributed by atoms with van der Waals surface area (Å²) in [7, 11) is 0. The normalized spacial score (nSPS) is 18.8. The van der Waals surface area contributed by atoms with Crippen molar-refractivity contribution in [2.75, 3.05) is 19.9 Å². The van der Waals surface area contributed by atoms with Gasteiger partial charge >= 0.3 is 0 Å². The number of carbonyl (C=O) groups excluding carboxylic acids is 1. The Morgan fingerprint density at radius 2 is 2.07 bits per heavy atom. The standard InChI is InChI=1S/C21H21N3O3/c25-20(11-14-7-8-18-19(10-14)27-13-26-18)24-9-3-4-15(12-24)21-22-16-5-1-2-6-17(16)23-21/h1-2,5-8,10,15H,3-4,9,11-13H2,(H,22,23). The average Bonchev–Trinajstić information content (AvgIpc) is 3.34. The van der Waals surface area contributed by atoms with Crippen molar-refractivity contribution in [3.05, 3.63) is 53.9 Å². The van der Waals surface area contributed by atoms with E-state index < -0.39 is 0 Å². The van der Waals surface area contributed by atoms with Gasteiger partial charge in [-0.1, -0.05) is 18.2 Å². The Bertz CT molecular complexity index is 964. The van der Waals surface area contributed by atoms with Gasteiger partial charge in [-0.2, -0.15) is 0 Å². The van der Waals surface area contributed by atoms with Crippen LogP contribution < -0.4 is 9.47 Å². The summed E-state index contributed by atoms with van der Waals surface area (Å²) in [5, 5.41) is 0. The Morgan fingerprint density at radius 1 is 1.19 bits per heavy atom. The highest BCUT2D eigenvalue weighted by molar-refractivity contribution is 5.79. The molecule has 6 nitrogen and oxygen atoms in total. The molecule has 6 heteroatoms. The summed E-state index contributed by atoms with van der Waals surface area (Å²) in [6, 6.07) is 13.8. The number of nitrogens with zero attached hydrogens (tertiary/aromatic N) is 2. The van der Waals surface area contributed by atoms with Crippen LogP contribution in [-0.4, -0.2) is 40.7 Å². The van der Waals surface area contributed by atoms with Gasteiger partial charge in [-0.3, -0.25) is 4.79 Å². The minimum atomic E-state index is 0.148. The number of likely N-dealkylation sites (tertiary alicyclic amines) is 1. The van der Waals surface area contributed by atoms with Crippen LogP contribution in [-0.2, 0) is 11.2 Å². The smallest absolute Gasteiger partial charge is 0.231 e. The van der Waals surface area contributed by atoms with E-state index in [1.807, 2.05) is 47.4 Å². The van der Waals surface area contributed by atoms with Crippen LogP contribution in [0, 0.1) is 0 Å². The van der Waals surface area contributed by atoms with Crippen LogP contribution in [0.25, 0.3) is 11.0 Å².